The largest absolute Gasteiger partial charge is 2.00 e. The molecule has 4 nitrogen and oxygen atoms in total. The van der Waals surface area contributed by atoms with Gasteiger partial charge in [0.25, 0.3) is 0 Å². The zero-order chi connectivity index (χ0) is 19.3. The molecule has 0 saturated carbocycles. The molecule has 0 aliphatic rings. The van der Waals surface area contributed by atoms with E-state index in [9.17, 15) is 0 Å². The molecule has 5 aromatic rings. The first-order chi connectivity index (χ1) is 13.8. The van der Waals surface area contributed by atoms with Gasteiger partial charge in [0.1, 0.15) is 0 Å². The first-order valence-corrected chi connectivity index (χ1v) is 9.11. The van der Waals surface area contributed by atoms with Gasteiger partial charge in [-0.1, -0.05) is 60.7 Å². The standard InChI is InChI=1S/C16H10N2.C8H10N2.Pt/c1-3-12-7-5-11-6-8-13-4-2-10-18-16(13)14(11)15(12)17-9-1;1-9-7-5-3-4-6-8(7)10-2;/h1-10H;3-6H,1-2H3;/q;-2;+2. The van der Waals surface area contributed by atoms with Crippen molar-refractivity contribution >= 4 is 44.0 Å². The van der Waals surface area contributed by atoms with E-state index in [0.29, 0.717) is 0 Å². The van der Waals surface area contributed by atoms with E-state index in [2.05, 4.69) is 57.0 Å². The molecular formula is C24H20N4Pt. The minimum Gasteiger partial charge on any atom is -0.688 e. The predicted octanol–water partition coefficient (Wildman–Crippen LogP) is 6.89. The van der Waals surface area contributed by atoms with E-state index < -0.39 is 0 Å². The first-order valence-electron chi connectivity index (χ1n) is 9.11. The van der Waals surface area contributed by atoms with Crippen molar-refractivity contribution in [3.05, 3.63) is 95.8 Å². The number of aromatic nitrogens is 2. The van der Waals surface area contributed by atoms with Crippen LogP contribution in [0.2, 0.25) is 0 Å². The Balaban J connectivity index is 0.000000189. The summed E-state index contributed by atoms with van der Waals surface area (Å²) in [6.45, 7) is 0. The fourth-order valence-electron chi connectivity index (χ4n) is 3.33. The number of hydrogen-bond acceptors (Lipinski definition) is 2. The van der Waals surface area contributed by atoms with E-state index in [1.165, 1.54) is 5.39 Å². The molecule has 3 aromatic carbocycles. The van der Waals surface area contributed by atoms with Crippen molar-refractivity contribution in [3.8, 4) is 0 Å². The van der Waals surface area contributed by atoms with Crippen LogP contribution in [0.1, 0.15) is 0 Å². The molecule has 0 aliphatic heterocycles. The van der Waals surface area contributed by atoms with Crippen LogP contribution in [-0.4, -0.2) is 24.1 Å². The molecule has 0 unspecified atom stereocenters. The quantitative estimate of drug-likeness (QED) is 0.221. The van der Waals surface area contributed by atoms with Crippen LogP contribution in [0, 0.1) is 0 Å². The molecule has 2 heterocycles. The number of nitrogens with zero attached hydrogens (tertiary/aromatic N) is 4. The number of hydrogen-bond donors (Lipinski definition) is 0. The summed E-state index contributed by atoms with van der Waals surface area (Å²) in [6, 6.07) is 24.4. The van der Waals surface area contributed by atoms with Gasteiger partial charge in [-0.05, 0) is 17.5 Å². The molecule has 0 radical (unpaired) electrons. The molecule has 0 spiro atoms. The van der Waals surface area contributed by atoms with Gasteiger partial charge in [0.05, 0.1) is 11.0 Å². The molecule has 0 atom stereocenters. The summed E-state index contributed by atoms with van der Waals surface area (Å²) in [5.41, 5.74) is 3.95. The van der Waals surface area contributed by atoms with Gasteiger partial charge in [-0.2, -0.15) is 11.4 Å². The molecule has 5 rings (SSSR count). The topological polar surface area (TPSA) is 54.0 Å². The molecule has 0 bridgehead atoms. The van der Waals surface area contributed by atoms with Crippen molar-refractivity contribution in [2.45, 2.75) is 0 Å². The minimum atomic E-state index is 0. The van der Waals surface area contributed by atoms with E-state index >= 15 is 0 Å². The van der Waals surface area contributed by atoms with Crippen molar-refractivity contribution in [2.24, 2.45) is 0 Å². The third-order valence-electron chi connectivity index (χ3n) is 4.69. The maximum atomic E-state index is 4.52. The summed E-state index contributed by atoms with van der Waals surface area (Å²) in [6.07, 6.45) is 3.67. The van der Waals surface area contributed by atoms with Gasteiger partial charge in [0.15, 0.2) is 0 Å². The second-order valence-electron chi connectivity index (χ2n) is 6.32. The number of para-hydroxylation sites is 2. The third kappa shape index (κ3) is 4.23. The molecule has 146 valence electrons. The zero-order valence-electron chi connectivity index (χ0n) is 16.2. The third-order valence-corrected chi connectivity index (χ3v) is 4.69. The van der Waals surface area contributed by atoms with Crippen LogP contribution in [0.4, 0.5) is 11.4 Å². The number of pyridine rings is 2. The molecule has 0 N–H and O–H groups in total. The molecule has 29 heavy (non-hydrogen) atoms. The normalized spacial score (nSPS) is 10.1. The van der Waals surface area contributed by atoms with Crippen molar-refractivity contribution in [2.75, 3.05) is 14.1 Å². The molecule has 0 fully saturated rings. The van der Waals surface area contributed by atoms with Gasteiger partial charge in [-0.15, -0.1) is 14.1 Å². The average molecular weight is 560 g/mol. The van der Waals surface area contributed by atoms with Crippen molar-refractivity contribution in [1.29, 1.82) is 0 Å². The molecule has 0 aliphatic carbocycles. The molecule has 0 amide bonds. The van der Waals surface area contributed by atoms with E-state index in [-0.39, 0.29) is 21.1 Å². The summed E-state index contributed by atoms with van der Waals surface area (Å²) in [5.74, 6) is 0. The van der Waals surface area contributed by atoms with E-state index in [4.69, 9.17) is 0 Å². The number of rotatable bonds is 2. The van der Waals surface area contributed by atoms with Gasteiger partial charge >= 0.3 is 21.1 Å². The molecular weight excluding hydrogens is 539 g/mol. The smallest absolute Gasteiger partial charge is 0.688 e. The number of benzene rings is 3. The Hall–Kier alpha value is -2.97. The van der Waals surface area contributed by atoms with Gasteiger partial charge < -0.3 is 10.6 Å². The van der Waals surface area contributed by atoms with Crippen LogP contribution in [-0.2, 0) is 21.1 Å². The van der Waals surface area contributed by atoms with Crippen LogP contribution in [0.3, 0.4) is 0 Å². The summed E-state index contributed by atoms with van der Waals surface area (Å²) in [7, 11) is 3.54. The van der Waals surface area contributed by atoms with Crippen LogP contribution >= 0.6 is 0 Å². The maximum Gasteiger partial charge on any atom is 2.00 e. The van der Waals surface area contributed by atoms with Crippen LogP contribution in [0.25, 0.3) is 43.2 Å². The van der Waals surface area contributed by atoms with Gasteiger partial charge in [0, 0.05) is 28.6 Å². The summed E-state index contributed by atoms with van der Waals surface area (Å²) >= 11 is 0. The van der Waals surface area contributed by atoms with Crippen LogP contribution < -0.4 is 0 Å². The number of fused-ring (bicyclic) bond motifs is 5. The SMILES string of the molecule is C[N-]c1ccccc1[N-]C.[Pt+2].c1cnc2c(c1)ccc1ccc3cccnc3c12. The average Bonchev–Trinajstić information content (AvgIpc) is 2.79. The van der Waals surface area contributed by atoms with Crippen molar-refractivity contribution in [3.63, 3.8) is 0 Å². The van der Waals surface area contributed by atoms with E-state index in [1.54, 1.807) is 14.1 Å². The Labute approximate surface area is 184 Å². The Kier molecular flexibility index (Phi) is 6.79. The van der Waals surface area contributed by atoms with Gasteiger partial charge in [0.2, 0.25) is 0 Å². The van der Waals surface area contributed by atoms with Gasteiger partial charge in [-0.3, -0.25) is 9.97 Å². The fraction of sp³-hybridized carbons (Fsp3) is 0.0833. The van der Waals surface area contributed by atoms with Crippen molar-refractivity contribution in [1.82, 2.24) is 9.97 Å². The fourth-order valence-corrected chi connectivity index (χ4v) is 3.33. The summed E-state index contributed by atoms with van der Waals surface area (Å²) in [5, 5.41) is 12.7. The van der Waals surface area contributed by atoms with Crippen molar-refractivity contribution < 1.29 is 21.1 Å². The first kappa shape index (κ1) is 20.8. The van der Waals surface area contributed by atoms with Crippen LogP contribution in [0.5, 0.6) is 0 Å². The van der Waals surface area contributed by atoms with E-state index in [1.807, 2.05) is 48.8 Å². The predicted molar refractivity (Wildman–Crippen MR) is 119 cm³/mol. The monoisotopic (exact) mass is 559 g/mol. The minimum absolute atomic E-state index is 0. The molecule has 5 heteroatoms. The molecule has 2 aromatic heterocycles. The second kappa shape index (κ2) is 9.49. The summed E-state index contributed by atoms with van der Waals surface area (Å²) in [4.78, 5) is 9.04. The Bertz CT molecular complexity index is 1160. The second-order valence-corrected chi connectivity index (χ2v) is 6.32. The zero-order valence-corrected chi connectivity index (χ0v) is 18.5. The Morgan fingerprint density at radius 1 is 0.552 bits per heavy atom. The van der Waals surface area contributed by atoms with E-state index in [0.717, 1.165) is 38.6 Å². The Morgan fingerprint density at radius 3 is 1.45 bits per heavy atom. The van der Waals surface area contributed by atoms with Crippen LogP contribution in [0.15, 0.2) is 85.2 Å². The van der Waals surface area contributed by atoms with Gasteiger partial charge in [-0.25, -0.2) is 0 Å². The summed E-state index contributed by atoms with van der Waals surface area (Å²) < 4.78 is 0. The maximum absolute atomic E-state index is 4.52. The Morgan fingerprint density at radius 2 is 1.00 bits per heavy atom. The molecule has 0 saturated heterocycles.